The lowest BCUT2D eigenvalue weighted by Crippen LogP contribution is -2.49. The van der Waals surface area contributed by atoms with Crippen molar-refractivity contribution in [2.24, 2.45) is 0 Å². The number of ether oxygens (including phenoxy) is 2. The van der Waals surface area contributed by atoms with E-state index in [1.165, 1.54) is 0 Å². The van der Waals surface area contributed by atoms with Gasteiger partial charge in [-0.05, 0) is 38.2 Å². The van der Waals surface area contributed by atoms with Crippen LogP contribution < -0.4 is 9.47 Å². The zero-order valence-corrected chi connectivity index (χ0v) is 19.1. The van der Waals surface area contributed by atoms with E-state index < -0.39 is 6.10 Å². The highest BCUT2D eigenvalue weighted by Crippen LogP contribution is 2.29. The van der Waals surface area contributed by atoms with Crippen molar-refractivity contribution in [1.82, 2.24) is 25.0 Å². The van der Waals surface area contributed by atoms with Crippen molar-refractivity contribution < 1.29 is 19.2 Å². The fraction of sp³-hybridized carbons (Fsp3) is 0.636. The van der Waals surface area contributed by atoms with Crippen LogP contribution >= 0.6 is 0 Å². The van der Waals surface area contributed by atoms with E-state index in [1.54, 1.807) is 7.11 Å². The highest BCUT2D eigenvalue weighted by atomic mass is 16.6. The van der Waals surface area contributed by atoms with E-state index in [0.29, 0.717) is 24.6 Å². The fourth-order valence-electron chi connectivity index (χ4n) is 3.77. The van der Waals surface area contributed by atoms with Crippen LogP contribution in [0.5, 0.6) is 11.5 Å². The summed E-state index contributed by atoms with van der Waals surface area (Å²) in [7, 11) is 3.64. The van der Waals surface area contributed by atoms with Crippen molar-refractivity contribution in [3.05, 3.63) is 35.2 Å². The minimum absolute atomic E-state index is 0.238. The zero-order valence-electron chi connectivity index (χ0n) is 19.1. The van der Waals surface area contributed by atoms with Crippen LogP contribution in [0.4, 0.5) is 0 Å². The van der Waals surface area contributed by atoms with E-state index in [4.69, 9.17) is 14.1 Å². The van der Waals surface area contributed by atoms with E-state index in [2.05, 4.69) is 31.9 Å². The number of β-amino-alcohol motifs (C(OH)–C–C–N with tert-alkyl or cyclic N) is 1. The number of aliphatic hydroxyl groups excluding tert-OH is 1. The van der Waals surface area contributed by atoms with Crippen LogP contribution in [0, 0.1) is 6.92 Å². The molecule has 0 unspecified atom stereocenters. The van der Waals surface area contributed by atoms with Crippen LogP contribution in [0.25, 0.3) is 0 Å². The molecule has 0 spiro atoms. The molecule has 31 heavy (non-hydrogen) atoms. The summed E-state index contributed by atoms with van der Waals surface area (Å²) in [6.07, 6.45) is -0.539. The predicted molar refractivity (Wildman–Crippen MR) is 117 cm³/mol. The summed E-state index contributed by atoms with van der Waals surface area (Å²) in [6, 6.07) is 5.88. The van der Waals surface area contributed by atoms with E-state index in [-0.39, 0.29) is 6.61 Å². The number of aryl methyl sites for hydroxylation is 1. The molecule has 2 heterocycles. The van der Waals surface area contributed by atoms with E-state index >= 15 is 0 Å². The van der Waals surface area contributed by atoms with Gasteiger partial charge in [0.2, 0.25) is 0 Å². The van der Waals surface area contributed by atoms with Gasteiger partial charge in [0.05, 0.1) is 7.11 Å². The maximum atomic E-state index is 10.4. The molecule has 1 saturated heterocycles. The lowest BCUT2D eigenvalue weighted by atomic mass is 10.2. The lowest BCUT2D eigenvalue weighted by Gasteiger charge is -2.34. The van der Waals surface area contributed by atoms with Gasteiger partial charge in [0.25, 0.3) is 0 Å². The molecule has 0 saturated carbocycles. The molecule has 1 atom stereocenters. The van der Waals surface area contributed by atoms with Crippen LogP contribution in [0.15, 0.2) is 22.8 Å². The molecule has 1 aliphatic heterocycles. The molecule has 1 aromatic carbocycles. The van der Waals surface area contributed by atoms with Gasteiger partial charge in [-0.2, -0.15) is 0 Å². The van der Waals surface area contributed by atoms with Crippen molar-refractivity contribution in [3.63, 3.8) is 0 Å². The maximum Gasteiger partial charge on any atom is 0.161 e. The van der Waals surface area contributed by atoms with Crippen LogP contribution in [-0.4, -0.2) is 96.3 Å². The van der Waals surface area contributed by atoms with Crippen molar-refractivity contribution in [3.8, 4) is 11.5 Å². The number of likely N-dealkylation sites (N-methyl/N-ethyl adjacent to an activating group) is 1. The second-order valence-corrected chi connectivity index (χ2v) is 8.15. The summed E-state index contributed by atoms with van der Waals surface area (Å²) in [6.45, 7) is 11.5. The third kappa shape index (κ3) is 6.90. The summed E-state index contributed by atoms with van der Waals surface area (Å²) in [5.74, 6) is 1.30. The summed E-state index contributed by atoms with van der Waals surface area (Å²) >= 11 is 0. The van der Waals surface area contributed by atoms with Gasteiger partial charge < -0.3 is 19.5 Å². The molecule has 0 bridgehead atoms. The SMILES string of the molecule is CCN1CCN(C[C@@H](O)COc2ccc(CN(C)Cc3nonc3C)cc2OC)CC1. The van der Waals surface area contributed by atoms with Crippen molar-refractivity contribution in [2.45, 2.75) is 33.0 Å². The Morgan fingerprint density at radius 1 is 1.13 bits per heavy atom. The molecule has 1 N–H and O–H groups in total. The Hall–Kier alpha value is -2.20. The van der Waals surface area contributed by atoms with Gasteiger partial charge in [-0.1, -0.05) is 23.3 Å². The van der Waals surface area contributed by atoms with Crippen LogP contribution in [0.3, 0.4) is 0 Å². The van der Waals surface area contributed by atoms with E-state index in [1.807, 2.05) is 32.2 Å². The molecule has 0 aliphatic carbocycles. The molecule has 1 aromatic heterocycles. The number of nitrogens with zero attached hydrogens (tertiary/aromatic N) is 5. The third-order valence-corrected chi connectivity index (χ3v) is 5.66. The van der Waals surface area contributed by atoms with Crippen LogP contribution in [0.2, 0.25) is 0 Å². The number of hydrogen-bond donors (Lipinski definition) is 1. The summed E-state index contributed by atoms with van der Waals surface area (Å²) < 4.78 is 16.2. The number of piperazine rings is 1. The van der Waals surface area contributed by atoms with Gasteiger partial charge in [-0.25, -0.2) is 4.63 Å². The first-order valence-electron chi connectivity index (χ1n) is 10.9. The number of benzene rings is 1. The maximum absolute atomic E-state index is 10.4. The highest BCUT2D eigenvalue weighted by Gasteiger charge is 2.19. The Morgan fingerprint density at radius 3 is 2.52 bits per heavy atom. The molecule has 9 heteroatoms. The van der Waals surface area contributed by atoms with E-state index in [0.717, 1.165) is 56.2 Å². The number of rotatable bonds is 11. The van der Waals surface area contributed by atoms with Gasteiger partial charge in [0.1, 0.15) is 24.1 Å². The monoisotopic (exact) mass is 433 g/mol. The molecule has 1 fully saturated rings. The third-order valence-electron chi connectivity index (χ3n) is 5.66. The molecular weight excluding hydrogens is 398 g/mol. The molecular formula is C22H35N5O4. The van der Waals surface area contributed by atoms with Gasteiger partial charge in [0.15, 0.2) is 11.5 Å². The average Bonchev–Trinajstić information content (AvgIpc) is 3.17. The standard InChI is InChI=1S/C22H35N5O4/c1-5-26-8-10-27(11-9-26)14-19(28)16-30-21-7-6-18(12-22(21)29-4)13-25(3)15-20-17(2)23-31-24-20/h6-7,12,19,28H,5,8-11,13-16H2,1-4H3/t19-/m1/s1. The molecule has 3 rings (SSSR count). The Morgan fingerprint density at radius 2 is 1.87 bits per heavy atom. The molecule has 0 amide bonds. The second kappa shape index (κ2) is 11.4. The molecule has 0 radical (unpaired) electrons. The second-order valence-electron chi connectivity index (χ2n) is 8.15. The first kappa shape index (κ1) is 23.5. The van der Waals surface area contributed by atoms with Crippen molar-refractivity contribution >= 4 is 0 Å². The summed E-state index contributed by atoms with van der Waals surface area (Å²) in [5.41, 5.74) is 2.73. The first-order chi connectivity index (χ1) is 15.0. The number of aromatic nitrogens is 2. The van der Waals surface area contributed by atoms with Crippen LogP contribution in [0.1, 0.15) is 23.9 Å². The molecule has 172 valence electrons. The fourth-order valence-corrected chi connectivity index (χ4v) is 3.77. The Balaban J connectivity index is 1.48. The predicted octanol–water partition coefficient (Wildman–Crippen LogP) is 1.40. The summed E-state index contributed by atoms with van der Waals surface area (Å²) in [4.78, 5) is 6.85. The Bertz CT molecular complexity index is 807. The molecule has 1 aliphatic rings. The minimum Gasteiger partial charge on any atom is -0.493 e. The van der Waals surface area contributed by atoms with Crippen molar-refractivity contribution in [1.29, 1.82) is 0 Å². The highest BCUT2D eigenvalue weighted by molar-refractivity contribution is 5.43. The van der Waals surface area contributed by atoms with Crippen LogP contribution in [-0.2, 0) is 13.1 Å². The van der Waals surface area contributed by atoms with Gasteiger partial charge in [-0.3, -0.25) is 9.80 Å². The zero-order chi connectivity index (χ0) is 22.2. The Labute approximate surface area is 184 Å². The van der Waals surface area contributed by atoms with Gasteiger partial charge in [-0.15, -0.1) is 0 Å². The van der Waals surface area contributed by atoms with Crippen molar-refractivity contribution in [2.75, 3.05) is 60.0 Å². The minimum atomic E-state index is -0.539. The summed E-state index contributed by atoms with van der Waals surface area (Å²) in [5, 5.41) is 18.2. The van der Waals surface area contributed by atoms with Gasteiger partial charge >= 0.3 is 0 Å². The molecule has 2 aromatic rings. The topological polar surface area (TPSA) is 87.3 Å². The first-order valence-corrected chi connectivity index (χ1v) is 10.9. The normalized spacial score (nSPS) is 16.6. The number of hydrogen-bond acceptors (Lipinski definition) is 9. The number of aliphatic hydroxyl groups is 1. The quantitative estimate of drug-likeness (QED) is 0.565. The van der Waals surface area contributed by atoms with E-state index in [9.17, 15) is 5.11 Å². The number of methoxy groups -OCH3 is 1. The Kier molecular flexibility index (Phi) is 8.65. The lowest BCUT2D eigenvalue weighted by molar-refractivity contribution is 0.0464. The smallest absolute Gasteiger partial charge is 0.161 e. The molecule has 9 nitrogen and oxygen atoms in total. The average molecular weight is 434 g/mol. The largest absolute Gasteiger partial charge is 0.493 e. The van der Waals surface area contributed by atoms with Gasteiger partial charge in [0, 0.05) is 45.8 Å².